The van der Waals surface area contributed by atoms with E-state index in [1.54, 1.807) is 0 Å². The fourth-order valence-electron chi connectivity index (χ4n) is 0.787. The second kappa shape index (κ2) is 10.9. The van der Waals surface area contributed by atoms with Crippen molar-refractivity contribution in [3.05, 3.63) is 0 Å². The van der Waals surface area contributed by atoms with Gasteiger partial charge in [-0.05, 0) is 13.0 Å². The summed E-state index contributed by atoms with van der Waals surface area (Å²) in [4.78, 5) is 0. The molecule has 0 aromatic rings. The lowest BCUT2D eigenvalue weighted by atomic mass is 10.5. The van der Waals surface area contributed by atoms with Crippen molar-refractivity contribution < 1.29 is 10.9 Å². The molecule has 0 saturated heterocycles. The molecule has 0 rings (SSSR count). The van der Waals surface area contributed by atoms with Crippen LogP contribution in [0.1, 0.15) is 21.7 Å². The molecule has 76 valence electrons. The van der Waals surface area contributed by atoms with Crippen LogP contribution >= 0.6 is 0 Å². The Morgan fingerprint density at radius 1 is 1.00 bits per heavy atom. The first-order valence-corrected chi connectivity index (χ1v) is 4.78. The highest BCUT2D eigenvalue weighted by atomic mass is 16.5. The third-order valence-electron chi connectivity index (χ3n) is 1.39. The van der Waals surface area contributed by atoms with E-state index in [2.05, 4.69) is 19.2 Å². The molecule has 0 aliphatic carbocycles. The predicted molar refractivity (Wildman–Crippen MR) is 52.6 cm³/mol. The molecule has 1 N–H and O–H groups in total. The molecule has 0 saturated carbocycles. The molecule has 0 fully saturated rings. The van der Waals surface area contributed by atoms with E-state index in [-0.39, 0.29) is 1.43 Å². The fourth-order valence-corrected chi connectivity index (χ4v) is 0.787. The summed E-state index contributed by atoms with van der Waals surface area (Å²) in [5.41, 5.74) is 0. The molecule has 12 heavy (non-hydrogen) atoms. The van der Waals surface area contributed by atoms with E-state index in [0.29, 0.717) is 6.61 Å². The Labute approximate surface area is 76.9 Å². The zero-order chi connectivity index (χ0) is 9.07. The quantitative estimate of drug-likeness (QED) is 0.538. The molecular weight excluding hydrogens is 154 g/mol. The molecule has 0 amide bonds. The van der Waals surface area contributed by atoms with E-state index in [1.807, 2.05) is 0 Å². The van der Waals surface area contributed by atoms with E-state index in [1.165, 1.54) is 0 Å². The summed E-state index contributed by atoms with van der Waals surface area (Å²) in [6.45, 7) is 9.20. The first-order valence-electron chi connectivity index (χ1n) is 4.78. The Morgan fingerprint density at radius 2 is 1.67 bits per heavy atom. The summed E-state index contributed by atoms with van der Waals surface area (Å²) < 4.78 is 10.5. The number of hydrogen-bond acceptors (Lipinski definition) is 3. The normalized spacial score (nSPS) is 10.5. The van der Waals surface area contributed by atoms with Crippen LogP contribution in [-0.4, -0.2) is 39.5 Å². The van der Waals surface area contributed by atoms with Crippen LogP contribution in [0.4, 0.5) is 0 Å². The van der Waals surface area contributed by atoms with Gasteiger partial charge in [0.1, 0.15) is 0 Å². The lowest BCUT2D eigenvalue weighted by Crippen LogP contribution is -2.20. The summed E-state index contributed by atoms with van der Waals surface area (Å²) in [7, 11) is 0. The highest BCUT2D eigenvalue weighted by Gasteiger charge is 1.87. The largest absolute Gasteiger partial charge is 0.379 e. The fraction of sp³-hybridized carbons (Fsp3) is 1.00. The van der Waals surface area contributed by atoms with Gasteiger partial charge < -0.3 is 14.8 Å². The van der Waals surface area contributed by atoms with Crippen LogP contribution in [0.25, 0.3) is 0 Å². The van der Waals surface area contributed by atoms with Crippen LogP contribution in [-0.2, 0) is 9.47 Å². The number of ether oxygens (including phenoxy) is 2. The van der Waals surface area contributed by atoms with Crippen molar-refractivity contribution in [1.29, 1.82) is 0 Å². The molecule has 0 spiro atoms. The maximum Gasteiger partial charge on any atom is 0.0701 e. The Hall–Kier alpha value is -0.120. The number of nitrogens with one attached hydrogen (secondary N) is 1. The Kier molecular flexibility index (Phi) is 10.8. The van der Waals surface area contributed by atoms with E-state index in [4.69, 9.17) is 9.47 Å². The predicted octanol–water partition coefficient (Wildman–Crippen LogP) is 1.29. The second-order valence-electron chi connectivity index (χ2n) is 2.58. The summed E-state index contributed by atoms with van der Waals surface area (Å²) in [6, 6.07) is 0. The zero-order valence-corrected chi connectivity index (χ0v) is 8.27. The average Bonchev–Trinajstić information content (AvgIpc) is 2.10. The highest BCUT2D eigenvalue weighted by Crippen LogP contribution is 1.81. The summed E-state index contributed by atoms with van der Waals surface area (Å²) in [5, 5.41) is 3.18. The van der Waals surface area contributed by atoms with Crippen molar-refractivity contribution in [1.82, 2.24) is 5.32 Å². The number of likely N-dealkylation sites (N-methyl/N-ethyl adjacent to an activating group) is 1. The van der Waals surface area contributed by atoms with E-state index in [9.17, 15) is 0 Å². The zero-order valence-electron chi connectivity index (χ0n) is 8.27. The third-order valence-corrected chi connectivity index (χ3v) is 1.39. The van der Waals surface area contributed by atoms with Crippen molar-refractivity contribution in [2.75, 3.05) is 39.5 Å². The monoisotopic (exact) mass is 177 g/mol. The first-order chi connectivity index (χ1) is 5.91. The summed E-state index contributed by atoms with van der Waals surface area (Å²) >= 11 is 0. The van der Waals surface area contributed by atoms with Crippen LogP contribution in [0.5, 0.6) is 0 Å². The van der Waals surface area contributed by atoms with E-state index < -0.39 is 0 Å². The van der Waals surface area contributed by atoms with Gasteiger partial charge in [-0.3, -0.25) is 0 Å². The standard InChI is InChI=1S/C9H21NO2.H2/c1-3-6-11-8-9-12-7-5-10-4-2;/h10H,3-9H2,1-2H3;1H. The van der Waals surface area contributed by atoms with Gasteiger partial charge in [0, 0.05) is 14.6 Å². The SMILES string of the molecule is CCCOCCOCCNCC.[HH]. The third kappa shape index (κ3) is 9.88. The van der Waals surface area contributed by atoms with Gasteiger partial charge in [0.05, 0.1) is 19.8 Å². The molecule has 3 nitrogen and oxygen atoms in total. The molecule has 0 aromatic heterocycles. The first kappa shape index (κ1) is 11.9. The molecule has 0 unspecified atom stereocenters. The van der Waals surface area contributed by atoms with Crippen molar-refractivity contribution >= 4 is 0 Å². The maximum absolute atomic E-state index is 5.29. The molecule has 3 heteroatoms. The second-order valence-corrected chi connectivity index (χ2v) is 2.58. The molecule has 0 aliphatic rings. The smallest absolute Gasteiger partial charge is 0.0701 e. The Bertz CT molecular complexity index is 74.0. The van der Waals surface area contributed by atoms with Gasteiger partial charge in [-0.15, -0.1) is 0 Å². The van der Waals surface area contributed by atoms with Crippen molar-refractivity contribution in [3.63, 3.8) is 0 Å². The summed E-state index contributed by atoms with van der Waals surface area (Å²) in [6.07, 6.45) is 1.08. The van der Waals surface area contributed by atoms with Gasteiger partial charge in [0.15, 0.2) is 0 Å². The van der Waals surface area contributed by atoms with E-state index >= 15 is 0 Å². The van der Waals surface area contributed by atoms with Crippen molar-refractivity contribution in [3.8, 4) is 0 Å². The van der Waals surface area contributed by atoms with Crippen LogP contribution < -0.4 is 5.32 Å². The lowest BCUT2D eigenvalue weighted by Gasteiger charge is -2.04. The van der Waals surface area contributed by atoms with Crippen LogP contribution in [0, 0.1) is 0 Å². The van der Waals surface area contributed by atoms with Crippen molar-refractivity contribution in [2.24, 2.45) is 0 Å². The molecule has 0 radical (unpaired) electrons. The molecule has 0 bridgehead atoms. The van der Waals surface area contributed by atoms with Crippen molar-refractivity contribution in [2.45, 2.75) is 20.3 Å². The van der Waals surface area contributed by atoms with Crippen LogP contribution in [0.2, 0.25) is 0 Å². The Balaban J connectivity index is 0. The highest BCUT2D eigenvalue weighted by molar-refractivity contribution is 4.40. The minimum absolute atomic E-state index is 0. The van der Waals surface area contributed by atoms with Gasteiger partial charge in [-0.25, -0.2) is 0 Å². The number of hydrogen-bond donors (Lipinski definition) is 1. The van der Waals surface area contributed by atoms with Gasteiger partial charge in [-0.1, -0.05) is 13.8 Å². The maximum atomic E-state index is 5.29. The topological polar surface area (TPSA) is 30.5 Å². The van der Waals surface area contributed by atoms with Gasteiger partial charge in [0.2, 0.25) is 0 Å². The molecule has 0 aromatic carbocycles. The lowest BCUT2D eigenvalue weighted by molar-refractivity contribution is 0.0492. The molecule has 0 atom stereocenters. The van der Waals surface area contributed by atoms with Crippen LogP contribution in [0.15, 0.2) is 0 Å². The Morgan fingerprint density at radius 3 is 2.25 bits per heavy atom. The van der Waals surface area contributed by atoms with E-state index in [0.717, 1.165) is 39.3 Å². The van der Waals surface area contributed by atoms with Crippen LogP contribution in [0.3, 0.4) is 0 Å². The van der Waals surface area contributed by atoms with Gasteiger partial charge >= 0.3 is 0 Å². The minimum Gasteiger partial charge on any atom is -0.379 e. The molecular formula is C9H23NO2. The minimum atomic E-state index is 0. The van der Waals surface area contributed by atoms with Gasteiger partial charge in [-0.2, -0.15) is 0 Å². The summed E-state index contributed by atoms with van der Waals surface area (Å²) in [5.74, 6) is 0. The molecule has 0 heterocycles. The average molecular weight is 177 g/mol. The molecule has 0 aliphatic heterocycles. The number of rotatable bonds is 9. The van der Waals surface area contributed by atoms with Gasteiger partial charge in [0.25, 0.3) is 0 Å².